The lowest BCUT2D eigenvalue weighted by molar-refractivity contribution is 0.553. The Bertz CT molecular complexity index is 918. The normalized spacial score (nSPS) is 10.5. The van der Waals surface area contributed by atoms with Crippen molar-refractivity contribution in [3.8, 4) is 17.2 Å². The van der Waals surface area contributed by atoms with Crippen LogP contribution >= 0.6 is 0 Å². The van der Waals surface area contributed by atoms with Crippen molar-refractivity contribution in [2.24, 2.45) is 0 Å². The standard InChI is InChI=1S/C19H15NO2/c1-2-13-8-9-15-17(12-13)22-19(21)16(10-11-20)18(15)14-6-4-3-5-7-14/h3-9,12H,2,10H2,1H3. The third-order valence-electron chi connectivity index (χ3n) is 3.79. The molecule has 0 saturated heterocycles. The van der Waals surface area contributed by atoms with Crippen LogP contribution in [0, 0.1) is 11.3 Å². The van der Waals surface area contributed by atoms with Crippen LogP contribution in [0.15, 0.2) is 57.7 Å². The van der Waals surface area contributed by atoms with Crippen LogP contribution in [-0.2, 0) is 12.8 Å². The van der Waals surface area contributed by atoms with Gasteiger partial charge in [0.15, 0.2) is 0 Å². The van der Waals surface area contributed by atoms with Gasteiger partial charge in [0, 0.05) is 10.9 Å². The molecule has 3 rings (SSSR count). The van der Waals surface area contributed by atoms with Gasteiger partial charge in [0.2, 0.25) is 0 Å². The fourth-order valence-electron chi connectivity index (χ4n) is 2.68. The van der Waals surface area contributed by atoms with E-state index in [0.717, 1.165) is 28.5 Å². The highest BCUT2D eigenvalue weighted by Gasteiger charge is 2.16. The SMILES string of the molecule is CCc1ccc2c(-c3ccccc3)c(CC#N)c(=O)oc2c1. The Morgan fingerprint density at radius 2 is 1.91 bits per heavy atom. The predicted molar refractivity (Wildman–Crippen MR) is 86.6 cm³/mol. The van der Waals surface area contributed by atoms with E-state index in [2.05, 4.69) is 13.0 Å². The maximum Gasteiger partial charge on any atom is 0.341 e. The second kappa shape index (κ2) is 5.87. The van der Waals surface area contributed by atoms with Crippen LogP contribution in [0.1, 0.15) is 18.1 Å². The van der Waals surface area contributed by atoms with Crippen molar-refractivity contribution >= 4 is 11.0 Å². The third kappa shape index (κ3) is 2.40. The van der Waals surface area contributed by atoms with Gasteiger partial charge in [-0.3, -0.25) is 0 Å². The van der Waals surface area contributed by atoms with Gasteiger partial charge in [0.05, 0.1) is 18.1 Å². The minimum absolute atomic E-state index is 0.0397. The van der Waals surface area contributed by atoms with Crippen molar-refractivity contribution in [1.29, 1.82) is 5.26 Å². The summed E-state index contributed by atoms with van der Waals surface area (Å²) in [6.45, 7) is 2.06. The maximum absolute atomic E-state index is 12.3. The molecule has 0 radical (unpaired) electrons. The summed E-state index contributed by atoms with van der Waals surface area (Å²) in [5.41, 5.74) is 3.41. The highest BCUT2D eigenvalue weighted by atomic mass is 16.4. The number of benzene rings is 2. The number of nitrogens with zero attached hydrogens (tertiary/aromatic N) is 1. The molecule has 0 fully saturated rings. The lowest BCUT2D eigenvalue weighted by atomic mass is 9.95. The van der Waals surface area contributed by atoms with E-state index < -0.39 is 5.63 Å². The van der Waals surface area contributed by atoms with Crippen LogP contribution in [-0.4, -0.2) is 0 Å². The fraction of sp³-hybridized carbons (Fsp3) is 0.158. The summed E-state index contributed by atoms with van der Waals surface area (Å²) < 4.78 is 5.44. The molecule has 22 heavy (non-hydrogen) atoms. The topological polar surface area (TPSA) is 54.0 Å². The molecule has 3 heteroatoms. The molecule has 0 bridgehead atoms. The van der Waals surface area contributed by atoms with Crippen molar-refractivity contribution in [2.45, 2.75) is 19.8 Å². The van der Waals surface area contributed by atoms with Gasteiger partial charge in [0.1, 0.15) is 5.58 Å². The minimum Gasteiger partial charge on any atom is -0.422 e. The lowest BCUT2D eigenvalue weighted by Gasteiger charge is -2.11. The van der Waals surface area contributed by atoms with E-state index in [1.54, 1.807) is 0 Å². The molecule has 0 saturated carbocycles. The first-order chi connectivity index (χ1) is 10.7. The Labute approximate surface area is 128 Å². The highest BCUT2D eigenvalue weighted by molar-refractivity contribution is 5.95. The second-order valence-corrected chi connectivity index (χ2v) is 5.13. The number of fused-ring (bicyclic) bond motifs is 1. The Hall–Kier alpha value is -2.86. The number of hydrogen-bond donors (Lipinski definition) is 0. The molecule has 2 aromatic carbocycles. The second-order valence-electron chi connectivity index (χ2n) is 5.13. The van der Waals surface area contributed by atoms with Crippen LogP contribution in [0.4, 0.5) is 0 Å². The number of rotatable bonds is 3. The van der Waals surface area contributed by atoms with E-state index in [1.165, 1.54) is 0 Å². The molecule has 0 N–H and O–H groups in total. The largest absolute Gasteiger partial charge is 0.422 e. The van der Waals surface area contributed by atoms with Gasteiger partial charge in [0.25, 0.3) is 0 Å². The molecule has 1 aromatic heterocycles. The van der Waals surface area contributed by atoms with Crippen LogP contribution in [0.25, 0.3) is 22.1 Å². The number of aryl methyl sites for hydroxylation is 1. The van der Waals surface area contributed by atoms with Crippen molar-refractivity contribution in [3.63, 3.8) is 0 Å². The average molecular weight is 289 g/mol. The molecule has 0 aliphatic heterocycles. The lowest BCUT2D eigenvalue weighted by Crippen LogP contribution is -2.09. The molecule has 108 valence electrons. The van der Waals surface area contributed by atoms with E-state index in [-0.39, 0.29) is 6.42 Å². The predicted octanol–water partition coefficient (Wildman–Crippen LogP) is 4.09. The zero-order valence-corrected chi connectivity index (χ0v) is 12.3. The van der Waals surface area contributed by atoms with Crippen molar-refractivity contribution in [3.05, 3.63) is 70.1 Å². The molecule has 0 spiro atoms. The Morgan fingerprint density at radius 1 is 1.14 bits per heavy atom. The molecule has 0 aliphatic carbocycles. The Morgan fingerprint density at radius 3 is 2.59 bits per heavy atom. The van der Waals surface area contributed by atoms with Crippen molar-refractivity contribution < 1.29 is 4.42 Å². The third-order valence-corrected chi connectivity index (χ3v) is 3.79. The summed E-state index contributed by atoms with van der Waals surface area (Å²) in [4.78, 5) is 12.3. The minimum atomic E-state index is -0.429. The van der Waals surface area contributed by atoms with E-state index in [9.17, 15) is 4.79 Å². The van der Waals surface area contributed by atoms with Gasteiger partial charge in [-0.2, -0.15) is 5.26 Å². The van der Waals surface area contributed by atoms with E-state index in [1.807, 2.05) is 48.5 Å². The Balaban J connectivity index is 2.42. The smallest absolute Gasteiger partial charge is 0.341 e. The average Bonchev–Trinajstić information content (AvgIpc) is 2.56. The molecule has 1 heterocycles. The summed E-state index contributed by atoms with van der Waals surface area (Å²) in [7, 11) is 0. The van der Waals surface area contributed by atoms with Crippen LogP contribution in [0.2, 0.25) is 0 Å². The monoisotopic (exact) mass is 289 g/mol. The molecular weight excluding hydrogens is 274 g/mol. The van der Waals surface area contributed by atoms with Crippen molar-refractivity contribution in [2.75, 3.05) is 0 Å². The van der Waals surface area contributed by atoms with Gasteiger partial charge < -0.3 is 4.42 Å². The molecule has 0 aliphatic rings. The van der Waals surface area contributed by atoms with Gasteiger partial charge in [-0.15, -0.1) is 0 Å². The first-order valence-electron chi connectivity index (χ1n) is 7.25. The zero-order valence-electron chi connectivity index (χ0n) is 12.3. The van der Waals surface area contributed by atoms with Crippen LogP contribution in [0.3, 0.4) is 0 Å². The molecular formula is C19H15NO2. The zero-order chi connectivity index (χ0) is 15.5. The molecule has 0 amide bonds. The summed E-state index contributed by atoms with van der Waals surface area (Å²) in [5, 5.41) is 9.91. The molecule has 0 unspecified atom stereocenters. The van der Waals surface area contributed by atoms with Crippen LogP contribution < -0.4 is 5.63 Å². The summed E-state index contributed by atoms with van der Waals surface area (Å²) >= 11 is 0. The van der Waals surface area contributed by atoms with Crippen LogP contribution in [0.5, 0.6) is 0 Å². The van der Waals surface area contributed by atoms with Gasteiger partial charge >= 0.3 is 5.63 Å². The van der Waals surface area contributed by atoms with Gasteiger partial charge in [-0.05, 0) is 23.6 Å². The summed E-state index contributed by atoms with van der Waals surface area (Å²) in [6, 6.07) is 17.6. The van der Waals surface area contributed by atoms with E-state index in [4.69, 9.17) is 9.68 Å². The first kappa shape index (κ1) is 14.1. The summed E-state index contributed by atoms with van der Waals surface area (Å²) in [6.07, 6.45) is 0.915. The maximum atomic E-state index is 12.3. The van der Waals surface area contributed by atoms with E-state index >= 15 is 0 Å². The first-order valence-corrected chi connectivity index (χ1v) is 7.25. The number of hydrogen-bond acceptors (Lipinski definition) is 3. The Kier molecular flexibility index (Phi) is 3.76. The highest BCUT2D eigenvalue weighted by Crippen LogP contribution is 2.31. The number of nitriles is 1. The summed E-state index contributed by atoms with van der Waals surface area (Å²) in [5.74, 6) is 0. The van der Waals surface area contributed by atoms with Crippen molar-refractivity contribution in [1.82, 2.24) is 0 Å². The van der Waals surface area contributed by atoms with Gasteiger partial charge in [-0.1, -0.05) is 49.4 Å². The molecule has 0 atom stereocenters. The fourth-order valence-corrected chi connectivity index (χ4v) is 2.68. The van der Waals surface area contributed by atoms with E-state index in [0.29, 0.717) is 11.1 Å². The quantitative estimate of drug-likeness (QED) is 0.682. The molecule has 3 nitrogen and oxygen atoms in total. The van der Waals surface area contributed by atoms with Gasteiger partial charge in [-0.25, -0.2) is 4.79 Å². The molecule has 3 aromatic rings.